The number of aromatic amines is 1. The second-order valence-electron chi connectivity index (χ2n) is 4.57. The highest BCUT2D eigenvalue weighted by molar-refractivity contribution is 7.91. The molecule has 0 unspecified atom stereocenters. The maximum absolute atomic E-state index is 12.1. The smallest absolute Gasteiger partial charge is 0.250 e. The monoisotopic (exact) mass is 315 g/mol. The third-order valence-corrected chi connectivity index (χ3v) is 5.39. The maximum atomic E-state index is 12.1. The van der Waals surface area contributed by atoms with Crippen molar-refractivity contribution in [2.24, 2.45) is 0 Å². The third-order valence-electron chi connectivity index (χ3n) is 2.50. The first kappa shape index (κ1) is 15.1. The Morgan fingerprint density at radius 3 is 2.85 bits per heavy atom. The lowest BCUT2D eigenvalue weighted by molar-refractivity contribution is 0.580. The highest BCUT2D eigenvalue weighted by Gasteiger charge is 2.17. The van der Waals surface area contributed by atoms with Crippen LogP contribution in [-0.4, -0.2) is 29.6 Å². The minimum absolute atomic E-state index is 0.0970. The minimum atomic E-state index is -3.50. The number of hydrogen-bond acceptors (Lipinski definition) is 6. The van der Waals surface area contributed by atoms with Crippen molar-refractivity contribution in [2.75, 3.05) is 0 Å². The van der Waals surface area contributed by atoms with Gasteiger partial charge in [-0.1, -0.05) is 13.8 Å². The maximum Gasteiger partial charge on any atom is 0.250 e. The van der Waals surface area contributed by atoms with Crippen LogP contribution < -0.4 is 10.0 Å². The van der Waals surface area contributed by atoms with E-state index in [9.17, 15) is 8.42 Å². The van der Waals surface area contributed by atoms with Crippen LogP contribution in [0.15, 0.2) is 22.0 Å². The fourth-order valence-electron chi connectivity index (χ4n) is 1.46. The van der Waals surface area contributed by atoms with Crippen molar-refractivity contribution in [3.63, 3.8) is 0 Å². The molecule has 0 aliphatic carbocycles. The molecule has 7 nitrogen and oxygen atoms in total. The van der Waals surface area contributed by atoms with E-state index in [2.05, 4.69) is 25.2 Å². The average molecular weight is 315 g/mol. The van der Waals surface area contributed by atoms with Gasteiger partial charge in [-0.2, -0.15) is 5.10 Å². The first-order valence-electron chi connectivity index (χ1n) is 6.12. The van der Waals surface area contributed by atoms with E-state index in [1.165, 1.54) is 17.7 Å². The summed E-state index contributed by atoms with van der Waals surface area (Å²) in [6.07, 6.45) is 1.34. The summed E-state index contributed by atoms with van der Waals surface area (Å²) in [7, 11) is -3.50. The van der Waals surface area contributed by atoms with E-state index < -0.39 is 10.0 Å². The van der Waals surface area contributed by atoms with Crippen LogP contribution in [0.5, 0.6) is 0 Å². The van der Waals surface area contributed by atoms with Crippen molar-refractivity contribution < 1.29 is 8.42 Å². The lowest BCUT2D eigenvalue weighted by atomic mass is 10.3. The van der Waals surface area contributed by atoms with Gasteiger partial charge in [-0.15, -0.1) is 11.3 Å². The van der Waals surface area contributed by atoms with Gasteiger partial charge in [-0.05, 0) is 17.0 Å². The van der Waals surface area contributed by atoms with E-state index in [0.717, 1.165) is 5.56 Å². The molecule has 0 atom stereocenters. The summed E-state index contributed by atoms with van der Waals surface area (Å²) in [4.78, 5) is 3.87. The molecule has 9 heteroatoms. The lowest BCUT2D eigenvalue weighted by Gasteiger charge is -2.05. The number of nitrogens with one attached hydrogen (secondary N) is 3. The average Bonchev–Trinajstić information content (AvgIpc) is 3.05. The molecule has 0 radical (unpaired) electrons. The molecule has 3 N–H and O–H groups in total. The van der Waals surface area contributed by atoms with Crippen molar-refractivity contribution in [2.45, 2.75) is 37.2 Å². The second kappa shape index (κ2) is 6.44. The van der Waals surface area contributed by atoms with Gasteiger partial charge >= 0.3 is 0 Å². The minimum Gasteiger partial charge on any atom is -0.310 e. The molecule has 0 bridgehead atoms. The molecule has 0 aliphatic heterocycles. The first-order chi connectivity index (χ1) is 9.47. The number of thiophene rings is 1. The van der Waals surface area contributed by atoms with Gasteiger partial charge < -0.3 is 5.32 Å². The van der Waals surface area contributed by atoms with Gasteiger partial charge in [-0.25, -0.2) is 18.1 Å². The molecule has 2 heterocycles. The van der Waals surface area contributed by atoms with Crippen LogP contribution in [0.4, 0.5) is 0 Å². The van der Waals surface area contributed by atoms with Crippen molar-refractivity contribution in [3.8, 4) is 0 Å². The Hall–Kier alpha value is -1.29. The van der Waals surface area contributed by atoms with Gasteiger partial charge in [-0.3, -0.25) is 5.10 Å². The fraction of sp³-hybridized carbons (Fsp3) is 0.455. The van der Waals surface area contributed by atoms with E-state index in [1.54, 1.807) is 6.07 Å². The van der Waals surface area contributed by atoms with Crippen LogP contribution in [0, 0.1) is 0 Å². The van der Waals surface area contributed by atoms with Crippen LogP contribution in [0.1, 0.15) is 25.2 Å². The molecule has 110 valence electrons. The zero-order valence-electron chi connectivity index (χ0n) is 11.3. The number of H-pyrrole nitrogens is 1. The first-order valence-corrected chi connectivity index (χ1v) is 8.48. The number of nitrogens with zero attached hydrogens (tertiary/aromatic N) is 2. The van der Waals surface area contributed by atoms with Gasteiger partial charge in [0.05, 0.1) is 6.54 Å². The predicted molar refractivity (Wildman–Crippen MR) is 76.7 cm³/mol. The molecule has 2 aromatic rings. The van der Waals surface area contributed by atoms with Crippen molar-refractivity contribution >= 4 is 21.4 Å². The van der Waals surface area contributed by atoms with Crippen LogP contribution in [0.25, 0.3) is 0 Å². The molecule has 0 aliphatic rings. The van der Waals surface area contributed by atoms with Gasteiger partial charge in [0.15, 0.2) is 0 Å². The number of sulfonamides is 1. The van der Waals surface area contributed by atoms with Gasteiger partial charge in [0, 0.05) is 12.6 Å². The Bertz CT molecular complexity index is 634. The molecule has 0 saturated heterocycles. The summed E-state index contributed by atoms with van der Waals surface area (Å²) in [5, 5.41) is 11.4. The standard InChI is InChI=1S/C11H17N5O2S2/c1-8(2)12-4-9-3-11(19-6-9)20(17,18)15-5-10-13-7-14-16-10/h3,6-8,12,15H,4-5H2,1-2H3,(H,13,14,16). The Labute approximate surface area is 121 Å². The van der Waals surface area contributed by atoms with Crippen LogP contribution in [0.2, 0.25) is 0 Å². The third kappa shape index (κ3) is 4.10. The highest BCUT2D eigenvalue weighted by Crippen LogP contribution is 2.20. The van der Waals surface area contributed by atoms with E-state index in [-0.39, 0.29) is 6.54 Å². The molecule has 2 rings (SSSR count). The summed E-state index contributed by atoms with van der Waals surface area (Å²) in [5.74, 6) is 0.479. The Balaban J connectivity index is 1.98. The largest absolute Gasteiger partial charge is 0.310 e. The van der Waals surface area contributed by atoms with E-state index in [4.69, 9.17) is 0 Å². The molecule has 0 amide bonds. The summed E-state index contributed by atoms with van der Waals surface area (Å²) in [6.45, 7) is 4.84. The van der Waals surface area contributed by atoms with Gasteiger partial charge in [0.1, 0.15) is 16.4 Å². The molecule has 20 heavy (non-hydrogen) atoms. The topological polar surface area (TPSA) is 99.8 Å². The van der Waals surface area contributed by atoms with Crippen molar-refractivity contribution in [3.05, 3.63) is 29.2 Å². The molecule has 0 spiro atoms. The van der Waals surface area contributed by atoms with Gasteiger partial charge in [0.2, 0.25) is 10.0 Å². The zero-order chi connectivity index (χ0) is 14.6. The molecular weight excluding hydrogens is 298 g/mol. The number of hydrogen-bond donors (Lipinski definition) is 3. The molecule has 0 fully saturated rings. The van der Waals surface area contributed by atoms with Gasteiger partial charge in [0.25, 0.3) is 0 Å². The van der Waals surface area contributed by atoms with Crippen LogP contribution >= 0.6 is 11.3 Å². The molecule has 0 saturated carbocycles. The second-order valence-corrected chi connectivity index (χ2v) is 7.47. The highest BCUT2D eigenvalue weighted by atomic mass is 32.2. The normalized spacial score (nSPS) is 12.2. The van der Waals surface area contributed by atoms with Crippen LogP contribution in [-0.2, 0) is 23.1 Å². The Morgan fingerprint density at radius 2 is 2.20 bits per heavy atom. The van der Waals surface area contributed by atoms with Crippen LogP contribution in [0.3, 0.4) is 0 Å². The summed E-state index contributed by atoms with van der Waals surface area (Å²) in [6, 6.07) is 2.04. The molecule has 2 aromatic heterocycles. The van der Waals surface area contributed by atoms with E-state index in [0.29, 0.717) is 22.6 Å². The quantitative estimate of drug-likeness (QED) is 0.703. The zero-order valence-corrected chi connectivity index (χ0v) is 12.9. The Kier molecular flexibility index (Phi) is 4.86. The van der Waals surface area contributed by atoms with E-state index >= 15 is 0 Å². The summed E-state index contributed by atoms with van der Waals surface area (Å²) >= 11 is 1.21. The lowest BCUT2D eigenvalue weighted by Crippen LogP contribution is -2.23. The summed E-state index contributed by atoms with van der Waals surface area (Å²) < 4.78 is 27.0. The molecular formula is C11H17N5O2S2. The molecule has 0 aromatic carbocycles. The van der Waals surface area contributed by atoms with Crippen molar-refractivity contribution in [1.82, 2.24) is 25.2 Å². The van der Waals surface area contributed by atoms with Crippen molar-refractivity contribution in [1.29, 1.82) is 0 Å². The SMILES string of the molecule is CC(C)NCc1csc(S(=O)(=O)NCc2ncn[nH]2)c1. The number of aromatic nitrogens is 3. The summed E-state index contributed by atoms with van der Waals surface area (Å²) in [5.41, 5.74) is 0.962. The fourth-order valence-corrected chi connectivity index (χ4v) is 3.70. The number of rotatable bonds is 7. The van der Waals surface area contributed by atoms with E-state index in [1.807, 2.05) is 19.2 Å². The predicted octanol–water partition coefficient (Wildman–Crippen LogP) is 0.843. The Morgan fingerprint density at radius 1 is 1.40 bits per heavy atom.